The molecule has 0 aromatic heterocycles. The predicted molar refractivity (Wildman–Crippen MR) is 101 cm³/mol. The molecule has 0 N–H and O–H groups in total. The number of ether oxygens (including phenoxy) is 1. The maximum absolute atomic E-state index is 11.9. The summed E-state index contributed by atoms with van der Waals surface area (Å²) in [5, 5.41) is 15.1. The summed E-state index contributed by atoms with van der Waals surface area (Å²) in [6.45, 7) is 1.69. The van der Waals surface area contributed by atoms with E-state index in [-0.39, 0.29) is 6.61 Å². The number of hydrogen-bond donors (Lipinski definition) is 0. The van der Waals surface area contributed by atoms with Crippen LogP contribution in [0.2, 0.25) is 0 Å². The van der Waals surface area contributed by atoms with Crippen LogP contribution >= 0.6 is 15.9 Å². The molecule has 0 saturated carbocycles. The lowest BCUT2D eigenvalue weighted by molar-refractivity contribution is -0.419. The maximum atomic E-state index is 11.9. The van der Waals surface area contributed by atoms with Crippen molar-refractivity contribution >= 4 is 49.5 Å². The van der Waals surface area contributed by atoms with E-state index in [0.717, 1.165) is 26.0 Å². The van der Waals surface area contributed by atoms with Gasteiger partial charge in [-0.1, -0.05) is 58.4 Å². The normalized spacial score (nSPS) is 11.7. The van der Waals surface area contributed by atoms with E-state index in [4.69, 9.17) is 4.74 Å². The second-order valence-corrected chi connectivity index (χ2v) is 6.21. The van der Waals surface area contributed by atoms with E-state index in [2.05, 4.69) is 15.9 Å². The minimum absolute atomic E-state index is 0.0791. The fourth-order valence-electron chi connectivity index (χ4n) is 2.77. The van der Waals surface area contributed by atoms with Crippen LogP contribution in [0, 0.1) is 10.1 Å². The Kier molecular flexibility index (Phi) is 4.81. The van der Waals surface area contributed by atoms with Crippen molar-refractivity contribution in [2.75, 3.05) is 6.61 Å². The summed E-state index contributed by atoms with van der Waals surface area (Å²) in [5.41, 5.74) is 0.00216. The van der Waals surface area contributed by atoms with Crippen molar-refractivity contribution in [3.63, 3.8) is 0 Å². The van der Waals surface area contributed by atoms with E-state index in [9.17, 15) is 14.9 Å². The molecule has 0 amide bonds. The van der Waals surface area contributed by atoms with Gasteiger partial charge in [-0.2, -0.15) is 0 Å². The number of nitro groups is 1. The van der Waals surface area contributed by atoms with Crippen LogP contribution in [0.5, 0.6) is 0 Å². The zero-order valence-electron chi connectivity index (χ0n) is 13.4. The highest BCUT2D eigenvalue weighted by Gasteiger charge is 2.23. The van der Waals surface area contributed by atoms with Crippen LogP contribution in [-0.4, -0.2) is 17.5 Å². The lowest BCUT2D eigenvalue weighted by atomic mass is 9.98. The molecule has 25 heavy (non-hydrogen) atoms. The number of halogens is 1. The van der Waals surface area contributed by atoms with Gasteiger partial charge in [0, 0.05) is 10.5 Å². The number of carbonyl (C=O) groups is 1. The maximum Gasteiger partial charge on any atom is 0.409 e. The van der Waals surface area contributed by atoms with Gasteiger partial charge in [0.15, 0.2) is 0 Å². The van der Waals surface area contributed by atoms with Crippen molar-refractivity contribution in [3.8, 4) is 0 Å². The van der Waals surface area contributed by atoms with Gasteiger partial charge in [-0.3, -0.25) is 10.1 Å². The molecule has 0 radical (unpaired) electrons. The molecule has 0 saturated heterocycles. The van der Waals surface area contributed by atoms with Crippen molar-refractivity contribution in [2.45, 2.75) is 6.92 Å². The van der Waals surface area contributed by atoms with Crippen LogP contribution in [0.15, 0.2) is 58.7 Å². The Bertz CT molecular complexity index is 1030. The summed E-state index contributed by atoms with van der Waals surface area (Å²) in [6, 6.07) is 15.3. The van der Waals surface area contributed by atoms with Gasteiger partial charge < -0.3 is 4.74 Å². The molecule has 0 bridgehead atoms. The number of rotatable bonds is 4. The quantitative estimate of drug-likeness (QED) is 0.205. The van der Waals surface area contributed by atoms with Gasteiger partial charge in [0.1, 0.15) is 0 Å². The molecule has 0 heterocycles. The largest absolute Gasteiger partial charge is 0.458 e. The molecule has 0 aliphatic rings. The van der Waals surface area contributed by atoms with E-state index in [1.165, 1.54) is 6.08 Å². The van der Waals surface area contributed by atoms with Gasteiger partial charge in [-0.25, -0.2) is 4.79 Å². The second-order valence-electron chi connectivity index (χ2n) is 5.35. The van der Waals surface area contributed by atoms with Crippen LogP contribution in [0.4, 0.5) is 0 Å². The van der Waals surface area contributed by atoms with Crippen molar-refractivity contribution in [3.05, 3.63) is 74.4 Å². The van der Waals surface area contributed by atoms with Gasteiger partial charge in [-0.05, 0) is 40.1 Å². The topological polar surface area (TPSA) is 69.4 Å². The molecule has 0 aliphatic heterocycles. The molecule has 0 atom stereocenters. The lowest BCUT2D eigenvalue weighted by Gasteiger charge is -2.09. The second kappa shape index (κ2) is 7.03. The Hall–Kier alpha value is -2.73. The van der Waals surface area contributed by atoms with Gasteiger partial charge in [-0.15, -0.1) is 0 Å². The van der Waals surface area contributed by atoms with E-state index >= 15 is 0 Å². The zero-order chi connectivity index (χ0) is 18.0. The zero-order valence-corrected chi connectivity index (χ0v) is 14.9. The van der Waals surface area contributed by atoms with Gasteiger partial charge in [0.05, 0.1) is 11.5 Å². The van der Waals surface area contributed by atoms with E-state index in [1.54, 1.807) is 13.0 Å². The molecule has 3 rings (SSSR count). The summed E-state index contributed by atoms with van der Waals surface area (Å²) in [5.74, 6) is -0.940. The number of nitrogens with zero attached hydrogens (tertiary/aromatic N) is 1. The number of fused-ring (bicyclic) bond motifs is 3. The molecule has 126 valence electrons. The van der Waals surface area contributed by atoms with E-state index in [0.29, 0.717) is 5.56 Å². The van der Waals surface area contributed by atoms with Crippen LogP contribution in [-0.2, 0) is 9.53 Å². The summed E-state index contributed by atoms with van der Waals surface area (Å²) in [6.07, 6.45) is 1.27. The Labute approximate surface area is 152 Å². The molecule has 0 fully saturated rings. The van der Waals surface area contributed by atoms with Gasteiger partial charge in [0.2, 0.25) is 0 Å². The number of esters is 1. The first-order chi connectivity index (χ1) is 12.0. The van der Waals surface area contributed by atoms with Crippen LogP contribution in [0.1, 0.15) is 12.5 Å². The first-order valence-electron chi connectivity index (χ1n) is 7.66. The Balaban J connectivity index is 2.28. The molecule has 5 nitrogen and oxygen atoms in total. The third-order valence-electron chi connectivity index (χ3n) is 3.86. The molecule has 0 spiro atoms. The minimum Gasteiger partial charge on any atom is -0.458 e. The highest BCUT2D eigenvalue weighted by atomic mass is 79.9. The average molecular weight is 400 g/mol. The molecule has 3 aromatic rings. The van der Waals surface area contributed by atoms with Crippen molar-refractivity contribution in [1.29, 1.82) is 0 Å². The average Bonchev–Trinajstić information content (AvgIpc) is 2.60. The molecule has 0 aliphatic carbocycles. The molecule has 6 heteroatoms. The third kappa shape index (κ3) is 3.25. The van der Waals surface area contributed by atoms with Crippen molar-refractivity contribution < 1.29 is 14.5 Å². The number of hydrogen-bond acceptors (Lipinski definition) is 4. The predicted octanol–water partition coefficient (Wildman–Crippen LogP) is 4.94. The smallest absolute Gasteiger partial charge is 0.409 e. The van der Waals surface area contributed by atoms with Crippen LogP contribution < -0.4 is 0 Å². The highest BCUT2D eigenvalue weighted by Crippen LogP contribution is 2.34. The third-order valence-corrected chi connectivity index (χ3v) is 4.52. The lowest BCUT2D eigenvalue weighted by Crippen LogP contribution is -2.14. The fraction of sp³-hybridized carbons (Fsp3) is 0.105. The minimum atomic E-state index is -0.940. The van der Waals surface area contributed by atoms with E-state index in [1.807, 2.05) is 42.5 Å². The standard InChI is InChI=1S/C19H14BrNO4/c1-2-25-19(22)18(21(23)24)10-12-6-5-9-14-13-7-3-4-8-15(13)17(20)11-16(12)14/h3-11H,2H2,1H3/b18-10-. The Morgan fingerprint density at radius 3 is 2.44 bits per heavy atom. The Morgan fingerprint density at radius 2 is 1.76 bits per heavy atom. The molecule has 3 aromatic carbocycles. The molecular formula is C19H14BrNO4. The highest BCUT2D eigenvalue weighted by molar-refractivity contribution is 9.10. The van der Waals surface area contributed by atoms with Gasteiger partial charge in [0.25, 0.3) is 0 Å². The van der Waals surface area contributed by atoms with Gasteiger partial charge >= 0.3 is 11.7 Å². The summed E-state index contributed by atoms with van der Waals surface area (Å²) in [4.78, 5) is 22.4. The van der Waals surface area contributed by atoms with Crippen molar-refractivity contribution in [1.82, 2.24) is 0 Å². The molecular weight excluding hydrogens is 386 g/mol. The number of carbonyl (C=O) groups excluding carboxylic acids is 1. The first kappa shape index (κ1) is 17.1. The monoisotopic (exact) mass is 399 g/mol. The molecule has 0 unspecified atom stereocenters. The Morgan fingerprint density at radius 1 is 1.12 bits per heavy atom. The number of benzene rings is 3. The van der Waals surface area contributed by atoms with Crippen LogP contribution in [0.3, 0.4) is 0 Å². The van der Waals surface area contributed by atoms with E-state index < -0.39 is 16.6 Å². The summed E-state index contributed by atoms with van der Waals surface area (Å²) in [7, 11) is 0. The summed E-state index contributed by atoms with van der Waals surface area (Å²) < 4.78 is 5.67. The van der Waals surface area contributed by atoms with Crippen LogP contribution in [0.25, 0.3) is 27.6 Å². The van der Waals surface area contributed by atoms with Crippen molar-refractivity contribution in [2.24, 2.45) is 0 Å². The fourth-order valence-corrected chi connectivity index (χ4v) is 3.35. The SMILES string of the molecule is CCOC(=O)/C(=C/c1cccc2c1cc(Br)c1ccccc12)[N+](=O)[O-]. The summed E-state index contributed by atoms with van der Waals surface area (Å²) >= 11 is 3.55. The first-order valence-corrected chi connectivity index (χ1v) is 8.45.